The maximum Gasteiger partial charge on any atom is 0.244 e. The summed E-state index contributed by atoms with van der Waals surface area (Å²) < 4.78 is 27.4. The van der Waals surface area contributed by atoms with E-state index in [1.165, 1.54) is 6.92 Å². The largest absolute Gasteiger partial charge is 0.341 e. The standard InChI is InChI=1S/C17H23ClN4O3S/c1-12-17(13(2)21-20-12)26(24,25)19-9-11-22(14(3)23)10-8-15-4-6-16(18)7-5-15/h4-7,19H,8-11H2,1-3H3,(H,20,21). The van der Waals surface area contributed by atoms with Gasteiger partial charge in [-0.25, -0.2) is 13.1 Å². The molecule has 2 N–H and O–H groups in total. The van der Waals surface area contributed by atoms with E-state index in [9.17, 15) is 13.2 Å². The molecule has 0 aliphatic rings. The molecule has 0 atom stereocenters. The van der Waals surface area contributed by atoms with Crippen molar-refractivity contribution in [1.29, 1.82) is 0 Å². The highest BCUT2D eigenvalue weighted by atomic mass is 35.5. The van der Waals surface area contributed by atoms with Gasteiger partial charge in [-0.1, -0.05) is 23.7 Å². The van der Waals surface area contributed by atoms with Crippen LogP contribution in [-0.4, -0.2) is 49.1 Å². The number of nitrogens with zero attached hydrogens (tertiary/aromatic N) is 2. The fourth-order valence-electron chi connectivity index (χ4n) is 2.67. The van der Waals surface area contributed by atoms with Crippen molar-refractivity contribution in [2.24, 2.45) is 0 Å². The predicted octanol–water partition coefficient (Wildman–Crippen LogP) is 2.05. The first kappa shape index (κ1) is 20.4. The lowest BCUT2D eigenvalue weighted by Gasteiger charge is -2.21. The van der Waals surface area contributed by atoms with E-state index in [1.807, 2.05) is 12.1 Å². The van der Waals surface area contributed by atoms with Gasteiger partial charge >= 0.3 is 0 Å². The Labute approximate surface area is 158 Å². The topological polar surface area (TPSA) is 95.2 Å². The van der Waals surface area contributed by atoms with Gasteiger partial charge in [0.2, 0.25) is 15.9 Å². The van der Waals surface area contributed by atoms with E-state index in [-0.39, 0.29) is 23.9 Å². The highest BCUT2D eigenvalue weighted by molar-refractivity contribution is 7.89. The molecule has 7 nitrogen and oxygen atoms in total. The summed E-state index contributed by atoms with van der Waals surface area (Å²) in [4.78, 5) is 13.6. The van der Waals surface area contributed by atoms with E-state index in [1.54, 1.807) is 30.9 Å². The number of nitrogens with one attached hydrogen (secondary N) is 2. The molecule has 9 heteroatoms. The van der Waals surface area contributed by atoms with Crippen molar-refractivity contribution < 1.29 is 13.2 Å². The van der Waals surface area contributed by atoms with Crippen LogP contribution in [0.5, 0.6) is 0 Å². The molecule has 0 saturated carbocycles. The van der Waals surface area contributed by atoms with Gasteiger partial charge in [-0.15, -0.1) is 0 Å². The molecule has 0 saturated heterocycles. The van der Waals surface area contributed by atoms with Gasteiger partial charge in [0, 0.05) is 31.6 Å². The van der Waals surface area contributed by atoms with Crippen molar-refractivity contribution in [3.8, 4) is 0 Å². The van der Waals surface area contributed by atoms with Crippen molar-refractivity contribution >= 4 is 27.5 Å². The second-order valence-electron chi connectivity index (χ2n) is 6.04. The summed E-state index contributed by atoms with van der Waals surface area (Å²) in [6, 6.07) is 7.43. The first-order chi connectivity index (χ1) is 12.2. The van der Waals surface area contributed by atoms with Gasteiger partial charge in [0.05, 0.1) is 11.4 Å². The average Bonchev–Trinajstić information content (AvgIpc) is 2.91. The number of carbonyl (C=O) groups is 1. The number of hydrogen-bond acceptors (Lipinski definition) is 4. The van der Waals surface area contributed by atoms with E-state index < -0.39 is 10.0 Å². The van der Waals surface area contributed by atoms with Crippen molar-refractivity contribution in [2.75, 3.05) is 19.6 Å². The number of H-pyrrole nitrogens is 1. The number of sulfonamides is 1. The second-order valence-corrected chi connectivity index (χ2v) is 8.18. The van der Waals surface area contributed by atoms with Crippen molar-refractivity contribution in [3.05, 3.63) is 46.2 Å². The lowest BCUT2D eigenvalue weighted by atomic mass is 10.1. The molecular weight excluding hydrogens is 376 g/mol. The van der Waals surface area contributed by atoms with Crippen molar-refractivity contribution in [3.63, 3.8) is 0 Å². The number of amides is 1. The molecule has 0 bridgehead atoms. The zero-order valence-electron chi connectivity index (χ0n) is 15.0. The maximum atomic E-state index is 12.4. The normalized spacial score (nSPS) is 11.5. The third-order valence-electron chi connectivity index (χ3n) is 4.03. The van der Waals surface area contributed by atoms with Gasteiger partial charge < -0.3 is 4.90 Å². The van der Waals surface area contributed by atoms with Crippen LogP contribution >= 0.6 is 11.6 Å². The van der Waals surface area contributed by atoms with Crippen LogP contribution in [0.3, 0.4) is 0 Å². The number of aromatic nitrogens is 2. The zero-order valence-corrected chi connectivity index (χ0v) is 16.6. The van der Waals surface area contributed by atoms with Gasteiger partial charge in [-0.3, -0.25) is 9.89 Å². The summed E-state index contributed by atoms with van der Waals surface area (Å²) in [6.07, 6.45) is 0.670. The summed E-state index contributed by atoms with van der Waals surface area (Å²) in [5.74, 6) is -0.103. The van der Waals surface area contributed by atoms with Crippen LogP contribution in [0, 0.1) is 13.8 Å². The van der Waals surface area contributed by atoms with Crippen LogP contribution in [0.25, 0.3) is 0 Å². The van der Waals surface area contributed by atoms with Gasteiger partial charge in [0.1, 0.15) is 4.90 Å². The van der Waals surface area contributed by atoms with Crippen LogP contribution in [-0.2, 0) is 21.2 Å². The smallest absolute Gasteiger partial charge is 0.244 e. The molecule has 2 aromatic rings. The Balaban J connectivity index is 1.92. The third-order valence-corrected chi connectivity index (χ3v) is 6.01. The minimum Gasteiger partial charge on any atom is -0.341 e. The monoisotopic (exact) mass is 398 g/mol. The van der Waals surface area contributed by atoms with E-state index >= 15 is 0 Å². The average molecular weight is 399 g/mol. The zero-order chi connectivity index (χ0) is 19.3. The molecule has 0 radical (unpaired) electrons. The van der Waals surface area contributed by atoms with Gasteiger partial charge in [0.15, 0.2) is 0 Å². The number of hydrogen-bond donors (Lipinski definition) is 2. The molecular formula is C17H23ClN4O3S. The molecule has 0 unspecified atom stereocenters. The summed E-state index contributed by atoms with van der Waals surface area (Å²) in [6.45, 7) is 5.68. The molecule has 1 aromatic carbocycles. The highest BCUT2D eigenvalue weighted by Gasteiger charge is 2.22. The van der Waals surface area contributed by atoms with Gasteiger partial charge in [-0.05, 0) is 38.0 Å². The lowest BCUT2D eigenvalue weighted by Crippen LogP contribution is -2.38. The Morgan fingerprint density at radius 3 is 2.42 bits per heavy atom. The van der Waals surface area contributed by atoms with E-state index in [0.717, 1.165) is 5.56 Å². The number of aromatic amines is 1. The Morgan fingerprint density at radius 2 is 1.88 bits per heavy atom. The molecule has 1 aromatic heterocycles. The second kappa shape index (κ2) is 8.66. The third kappa shape index (κ3) is 5.30. The van der Waals surface area contributed by atoms with E-state index in [0.29, 0.717) is 29.4 Å². The summed E-state index contributed by atoms with van der Waals surface area (Å²) in [5.41, 5.74) is 1.97. The Hall–Kier alpha value is -1.90. The molecule has 2 rings (SSSR count). The minimum atomic E-state index is -3.67. The SMILES string of the molecule is CC(=O)N(CCNS(=O)(=O)c1c(C)n[nH]c1C)CCc1ccc(Cl)cc1. The molecule has 0 fully saturated rings. The fraction of sp³-hybridized carbons (Fsp3) is 0.412. The van der Waals surface area contributed by atoms with Crippen LogP contribution in [0.2, 0.25) is 5.02 Å². The molecule has 26 heavy (non-hydrogen) atoms. The van der Waals surface area contributed by atoms with Crippen molar-refractivity contribution in [1.82, 2.24) is 19.8 Å². The molecule has 0 aliphatic carbocycles. The maximum absolute atomic E-state index is 12.4. The molecule has 0 aliphatic heterocycles. The summed E-state index contributed by atoms with van der Waals surface area (Å²) in [5, 5.41) is 7.23. The minimum absolute atomic E-state index is 0.103. The number of benzene rings is 1. The molecule has 0 spiro atoms. The number of rotatable bonds is 8. The first-order valence-corrected chi connectivity index (χ1v) is 10.1. The van der Waals surface area contributed by atoms with Gasteiger partial charge in [-0.2, -0.15) is 5.10 Å². The van der Waals surface area contributed by atoms with Crippen LogP contribution in [0.15, 0.2) is 29.2 Å². The Bertz CT molecular complexity index is 843. The Kier molecular flexibility index (Phi) is 6.80. The Morgan fingerprint density at radius 1 is 1.23 bits per heavy atom. The highest BCUT2D eigenvalue weighted by Crippen LogP contribution is 2.16. The predicted molar refractivity (Wildman–Crippen MR) is 101 cm³/mol. The quantitative estimate of drug-likeness (QED) is 0.711. The molecule has 142 valence electrons. The van der Waals surface area contributed by atoms with Crippen LogP contribution in [0.4, 0.5) is 0 Å². The molecule has 1 amide bonds. The van der Waals surface area contributed by atoms with Crippen molar-refractivity contribution in [2.45, 2.75) is 32.1 Å². The molecule has 1 heterocycles. The van der Waals surface area contributed by atoms with Crippen LogP contribution < -0.4 is 4.72 Å². The number of carbonyl (C=O) groups excluding carboxylic acids is 1. The fourth-order valence-corrected chi connectivity index (χ4v) is 4.18. The number of halogens is 1. The van der Waals surface area contributed by atoms with Crippen LogP contribution in [0.1, 0.15) is 23.9 Å². The first-order valence-electron chi connectivity index (χ1n) is 8.22. The summed E-state index contributed by atoms with van der Waals surface area (Å²) >= 11 is 5.86. The summed E-state index contributed by atoms with van der Waals surface area (Å²) in [7, 11) is -3.67. The van der Waals surface area contributed by atoms with E-state index in [2.05, 4.69) is 14.9 Å². The van der Waals surface area contributed by atoms with Gasteiger partial charge in [0.25, 0.3) is 0 Å². The van der Waals surface area contributed by atoms with E-state index in [4.69, 9.17) is 11.6 Å². The lowest BCUT2D eigenvalue weighted by molar-refractivity contribution is -0.128. The number of aryl methyl sites for hydroxylation is 2.